The Morgan fingerprint density at radius 3 is 2.44 bits per heavy atom. The number of anilines is 2. The van der Waals surface area contributed by atoms with Crippen molar-refractivity contribution >= 4 is 39.1 Å². The van der Waals surface area contributed by atoms with E-state index in [9.17, 15) is 9.59 Å². The summed E-state index contributed by atoms with van der Waals surface area (Å²) in [6.07, 6.45) is 1.45. The fourth-order valence-corrected chi connectivity index (χ4v) is 2.15. The third-order valence-corrected chi connectivity index (χ3v) is 3.16. The standard InChI is InChI=1S/C11H11BrN2O2/c12-8-5-4-7(13)6-9(8)14-10(15)2-1-3-11(14)16/h4-6H,1-3,13H2. The molecule has 4 nitrogen and oxygen atoms in total. The number of imide groups is 1. The predicted octanol–water partition coefficient (Wildman–Crippen LogP) is 2.07. The van der Waals surface area contributed by atoms with Crippen LogP contribution in [0.3, 0.4) is 0 Å². The average Bonchev–Trinajstić information content (AvgIpc) is 2.23. The molecule has 1 fully saturated rings. The fourth-order valence-electron chi connectivity index (χ4n) is 1.72. The minimum absolute atomic E-state index is 0.164. The molecule has 0 saturated carbocycles. The summed E-state index contributed by atoms with van der Waals surface area (Å²) in [4.78, 5) is 24.6. The van der Waals surface area contributed by atoms with E-state index in [0.717, 1.165) is 0 Å². The fraction of sp³-hybridized carbons (Fsp3) is 0.273. The number of hydrogen-bond donors (Lipinski definition) is 1. The lowest BCUT2D eigenvalue weighted by atomic mass is 10.1. The van der Waals surface area contributed by atoms with Crippen molar-refractivity contribution in [2.24, 2.45) is 0 Å². The van der Waals surface area contributed by atoms with Crippen LogP contribution in [0.5, 0.6) is 0 Å². The van der Waals surface area contributed by atoms with Gasteiger partial charge in [0.1, 0.15) is 0 Å². The molecule has 0 aliphatic carbocycles. The van der Waals surface area contributed by atoms with Crippen molar-refractivity contribution in [2.45, 2.75) is 19.3 Å². The molecule has 1 aliphatic heterocycles. The van der Waals surface area contributed by atoms with E-state index in [-0.39, 0.29) is 11.8 Å². The molecule has 0 spiro atoms. The van der Waals surface area contributed by atoms with Gasteiger partial charge in [-0.1, -0.05) is 0 Å². The zero-order valence-corrected chi connectivity index (χ0v) is 10.2. The molecule has 1 aromatic carbocycles. The third kappa shape index (κ3) is 1.95. The molecule has 0 bridgehead atoms. The minimum atomic E-state index is -0.164. The van der Waals surface area contributed by atoms with Crippen LogP contribution < -0.4 is 10.6 Å². The number of halogens is 1. The lowest BCUT2D eigenvalue weighted by Crippen LogP contribution is -2.40. The first-order valence-electron chi connectivity index (χ1n) is 5.00. The summed E-state index contributed by atoms with van der Waals surface area (Å²) in [5, 5.41) is 0. The van der Waals surface area contributed by atoms with E-state index in [2.05, 4.69) is 15.9 Å². The number of nitrogen functional groups attached to an aromatic ring is 1. The second-order valence-electron chi connectivity index (χ2n) is 3.69. The summed E-state index contributed by atoms with van der Waals surface area (Å²) in [7, 11) is 0. The molecule has 0 aromatic heterocycles. The Hall–Kier alpha value is -1.36. The summed E-state index contributed by atoms with van der Waals surface area (Å²) in [6.45, 7) is 0. The molecule has 2 N–H and O–H groups in total. The van der Waals surface area contributed by atoms with Gasteiger partial charge in [0.25, 0.3) is 0 Å². The molecule has 16 heavy (non-hydrogen) atoms. The van der Waals surface area contributed by atoms with Crippen LogP contribution in [0.15, 0.2) is 22.7 Å². The first-order chi connectivity index (χ1) is 7.59. The molecule has 5 heteroatoms. The topological polar surface area (TPSA) is 63.4 Å². The largest absolute Gasteiger partial charge is 0.399 e. The van der Waals surface area contributed by atoms with Gasteiger partial charge >= 0.3 is 0 Å². The number of carbonyl (C=O) groups is 2. The lowest BCUT2D eigenvalue weighted by molar-refractivity contribution is -0.129. The quantitative estimate of drug-likeness (QED) is 0.634. The van der Waals surface area contributed by atoms with E-state index in [1.165, 1.54) is 4.90 Å². The molecule has 2 amide bonds. The van der Waals surface area contributed by atoms with Gasteiger partial charge in [0, 0.05) is 23.0 Å². The Bertz CT molecular complexity index is 443. The smallest absolute Gasteiger partial charge is 0.233 e. The Morgan fingerprint density at radius 2 is 1.81 bits per heavy atom. The van der Waals surface area contributed by atoms with Crippen LogP contribution in [0.4, 0.5) is 11.4 Å². The highest BCUT2D eigenvalue weighted by Gasteiger charge is 2.28. The molecular formula is C11H11BrN2O2. The second-order valence-corrected chi connectivity index (χ2v) is 4.54. The van der Waals surface area contributed by atoms with Crippen molar-refractivity contribution in [2.75, 3.05) is 10.6 Å². The van der Waals surface area contributed by atoms with Crippen LogP contribution in [-0.2, 0) is 9.59 Å². The van der Waals surface area contributed by atoms with Crippen LogP contribution in [0.25, 0.3) is 0 Å². The SMILES string of the molecule is Nc1ccc(Br)c(N2C(=O)CCCC2=O)c1. The molecule has 0 radical (unpaired) electrons. The maximum absolute atomic E-state index is 11.7. The third-order valence-electron chi connectivity index (χ3n) is 2.49. The highest BCUT2D eigenvalue weighted by molar-refractivity contribution is 9.10. The molecular weight excluding hydrogens is 272 g/mol. The summed E-state index contributed by atoms with van der Waals surface area (Å²) < 4.78 is 0.699. The Kier molecular flexibility index (Phi) is 2.96. The highest BCUT2D eigenvalue weighted by atomic mass is 79.9. The summed E-state index contributed by atoms with van der Waals surface area (Å²) >= 11 is 3.32. The number of nitrogens with zero attached hydrogens (tertiary/aromatic N) is 1. The predicted molar refractivity (Wildman–Crippen MR) is 64.9 cm³/mol. The van der Waals surface area contributed by atoms with Gasteiger partial charge in [-0.3, -0.25) is 9.59 Å². The number of nitrogens with two attached hydrogens (primary N) is 1. The maximum atomic E-state index is 11.7. The van der Waals surface area contributed by atoms with Gasteiger partial charge in [-0.05, 0) is 40.5 Å². The average molecular weight is 283 g/mol. The van der Waals surface area contributed by atoms with Crippen molar-refractivity contribution in [3.05, 3.63) is 22.7 Å². The molecule has 1 saturated heterocycles. The van der Waals surface area contributed by atoms with Gasteiger partial charge in [0.05, 0.1) is 5.69 Å². The highest BCUT2D eigenvalue weighted by Crippen LogP contribution is 2.31. The van der Waals surface area contributed by atoms with Crippen molar-refractivity contribution in [1.29, 1.82) is 0 Å². The molecule has 2 rings (SSSR count). The minimum Gasteiger partial charge on any atom is -0.399 e. The van der Waals surface area contributed by atoms with E-state index < -0.39 is 0 Å². The van der Waals surface area contributed by atoms with Crippen molar-refractivity contribution < 1.29 is 9.59 Å². The van der Waals surface area contributed by atoms with Crippen LogP contribution in [-0.4, -0.2) is 11.8 Å². The van der Waals surface area contributed by atoms with E-state index in [1.54, 1.807) is 18.2 Å². The number of carbonyl (C=O) groups excluding carboxylic acids is 2. The van der Waals surface area contributed by atoms with Gasteiger partial charge < -0.3 is 5.73 Å². The summed E-state index contributed by atoms with van der Waals surface area (Å²) in [5.41, 5.74) is 6.72. The monoisotopic (exact) mass is 282 g/mol. The number of rotatable bonds is 1. The molecule has 1 aromatic rings. The normalized spacial score (nSPS) is 16.7. The first kappa shape index (κ1) is 11.1. The van der Waals surface area contributed by atoms with E-state index in [4.69, 9.17) is 5.73 Å². The number of benzene rings is 1. The second kappa shape index (κ2) is 4.25. The number of amides is 2. The molecule has 1 heterocycles. The summed E-state index contributed by atoms with van der Waals surface area (Å²) in [5.74, 6) is -0.329. The van der Waals surface area contributed by atoms with Crippen molar-refractivity contribution in [3.63, 3.8) is 0 Å². The van der Waals surface area contributed by atoms with Crippen LogP contribution in [0.2, 0.25) is 0 Å². The van der Waals surface area contributed by atoms with Crippen molar-refractivity contribution in [3.8, 4) is 0 Å². The van der Waals surface area contributed by atoms with Crippen molar-refractivity contribution in [1.82, 2.24) is 0 Å². The molecule has 84 valence electrons. The van der Waals surface area contributed by atoms with Gasteiger partial charge in [0.2, 0.25) is 11.8 Å². The van der Waals surface area contributed by atoms with Gasteiger partial charge in [0.15, 0.2) is 0 Å². The Balaban J connectivity index is 2.45. The number of hydrogen-bond acceptors (Lipinski definition) is 3. The van der Waals surface area contributed by atoms with E-state index >= 15 is 0 Å². The first-order valence-corrected chi connectivity index (χ1v) is 5.79. The zero-order valence-electron chi connectivity index (χ0n) is 8.57. The van der Waals surface area contributed by atoms with Crippen LogP contribution in [0, 0.1) is 0 Å². The maximum Gasteiger partial charge on any atom is 0.233 e. The van der Waals surface area contributed by atoms with E-state index in [1.807, 2.05) is 0 Å². The van der Waals surface area contributed by atoms with Gasteiger partial charge in [-0.2, -0.15) is 0 Å². The van der Waals surface area contributed by atoms with Crippen LogP contribution >= 0.6 is 15.9 Å². The summed E-state index contributed by atoms with van der Waals surface area (Å²) in [6, 6.07) is 5.08. The zero-order chi connectivity index (χ0) is 11.7. The van der Waals surface area contributed by atoms with Gasteiger partial charge in [-0.25, -0.2) is 4.90 Å². The van der Waals surface area contributed by atoms with Gasteiger partial charge in [-0.15, -0.1) is 0 Å². The lowest BCUT2D eigenvalue weighted by Gasteiger charge is -2.25. The molecule has 1 aliphatic rings. The Morgan fingerprint density at radius 1 is 1.19 bits per heavy atom. The van der Waals surface area contributed by atoms with E-state index in [0.29, 0.717) is 35.1 Å². The molecule has 0 atom stereocenters. The number of piperidine rings is 1. The van der Waals surface area contributed by atoms with Crippen LogP contribution in [0.1, 0.15) is 19.3 Å². The molecule has 0 unspecified atom stereocenters. The Labute approximate surface area is 102 Å².